The number of methoxy groups -OCH3 is 1. The van der Waals surface area contributed by atoms with Crippen molar-refractivity contribution in [2.24, 2.45) is 0 Å². The lowest BCUT2D eigenvalue weighted by molar-refractivity contribution is 0.185. The third-order valence-corrected chi connectivity index (χ3v) is 2.88. The lowest BCUT2D eigenvalue weighted by Gasteiger charge is -2.15. The molecule has 94 valence electrons. The van der Waals surface area contributed by atoms with Crippen molar-refractivity contribution >= 4 is 17.1 Å². The number of aryl methyl sites for hydroxylation is 1. The van der Waals surface area contributed by atoms with Crippen LogP contribution in [0.5, 0.6) is 0 Å². The molecule has 18 heavy (non-hydrogen) atoms. The summed E-state index contributed by atoms with van der Waals surface area (Å²) >= 11 is 0. The molecule has 0 heterocycles. The van der Waals surface area contributed by atoms with Gasteiger partial charge in [0.05, 0.1) is 18.0 Å². The Morgan fingerprint density at radius 1 is 1.11 bits per heavy atom. The van der Waals surface area contributed by atoms with Crippen LogP contribution >= 0.6 is 0 Å². The number of nitrogens with one attached hydrogen (secondary N) is 1. The zero-order valence-corrected chi connectivity index (χ0v) is 10.7. The predicted molar refractivity (Wildman–Crippen MR) is 76.0 cm³/mol. The molecule has 0 atom stereocenters. The van der Waals surface area contributed by atoms with Crippen LogP contribution in [0.15, 0.2) is 42.5 Å². The Morgan fingerprint density at radius 3 is 2.61 bits per heavy atom. The fraction of sp³-hybridized carbons (Fsp3) is 0.200. The molecule has 0 unspecified atom stereocenters. The van der Waals surface area contributed by atoms with Crippen LogP contribution in [-0.4, -0.2) is 7.11 Å². The molecule has 0 aliphatic rings. The van der Waals surface area contributed by atoms with E-state index in [1.165, 1.54) is 0 Å². The highest BCUT2D eigenvalue weighted by Gasteiger charge is 2.06. The Bertz CT molecular complexity index is 518. The van der Waals surface area contributed by atoms with Gasteiger partial charge < -0.3 is 15.8 Å². The minimum Gasteiger partial charge on any atom is -0.397 e. The van der Waals surface area contributed by atoms with Crippen LogP contribution in [0.2, 0.25) is 0 Å². The zero-order chi connectivity index (χ0) is 13.0. The number of rotatable bonds is 4. The van der Waals surface area contributed by atoms with E-state index in [0.29, 0.717) is 6.61 Å². The molecule has 3 N–H and O–H groups in total. The normalized spacial score (nSPS) is 10.3. The molecule has 0 fully saturated rings. The first-order valence-electron chi connectivity index (χ1n) is 5.91. The molecule has 3 heteroatoms. The molecule has 0 radical (unpaired) electrons. The summed E-state index contributed by atoms with van der Waals surface area (Å²) in [6, 6.07) is 14.0. The molecule has 0 amide bonds. The van der Waals surface area contributed by atoms with E-state index >= 15 is 0 Å². The van der Waals surface area contributed by atoms with Gasteiger partial charge in [-0.15, -0.1) is 0 Å². The molecule has 0 aromatic heterocycles. The number of nitrogen functional groups attached to an aromatic ring is 1. The quantitative estimate of drug-likeness (QED) is 0.807. The minimum atomic E-state index is 0.578. The fourth-order valence-electron chi connectivity index (χ4n) is 1.92. The maximum Gasteiger partial charge on any atom is 0.0733 e. The van der Waals surface area contributed by atoms with Gasteiger partial charge >= 0.3 is 0 Å². The van der Waals surface area contributed by atoms with Gasteiger partial charge in [0, 0.05) is 18.4 Å². The lowest BCUT2D eigenvalue weighted by atomic mass is 10.1. The van der Waals surface area contributed by atoms with Crippen molar-refractivity contribution in [1.82, 2.24) is 0 Å². The Morgan fingerprint density at radius 2 is 1.89 bits per heavy atom. The van der Waals surface area contributed by atoms with Crippen molar-refractivity contribution in [2.75, 3.05) is 18.2 Å². The third-order valence-electron chi connectivity index (χ3n) is 2.88. The summed E-state index contributed by atoms with van der Waals surface area (Å²) in [6.45, 7) is 2.62. The highest BCUT2D eigenvalue weighted by molar-refractivity contribution is 5.76. The van der Waals surface area contributed by atoms with E-state index in [1.807, 2.05) is 49.4 Å². The summed E-state index contributed by atoms with van der Waals surface area (Å²) in [5.74, 6) is 0. The number of hydrogen-bond donors (Lipinski definition) is 2. The van der Waals surface area contributed by atoms with Gasteiger partial charge in [-0.25, -0.2) is 0 Å². The molecule has 2 rings (SSSR count). The first-order chi connectivity index (χ1) is 8.72. The molecule has 0 saturated heterocycles. The Hall–Kier alpha value is -2.00. The number of benzene rings is 2. The molecular formula is C15H18N2O. The topological polar surface area (TPSA) is 47.3 Å². The van der Waals surface area contributed by atoms with Crippen LogP contribution < -0.4 is 11.1 Å². The maximum absolute atomic E-state index is 6.00. The predicted octanol–water partition coefficient (Wildman–Crippen LogP) is 3.47. The molecule has 0 aliphatic heterocycles. The van der Waals surface area contributed by atoms with Crippen LogP contribution in [0.25, 0.3) is 0 Å². The van der Waals surface area contributed by atoms with Crippen LogP contribution in [0, 0.1) is 6.92 Å². The smallest absolute Gasteiger partial charge is 0.0733 e. The molecule has 0 saturated carbocycles. The van der Waals surface area contributed by atoms with Gasteiger partial charge in [-0.3, -0.25) is 0 Å². The van der Waals surface area contributed by atoms with Gasteiger partial charge in [-0.05, 0) is 24.6 Å². The van der Waals surface area contributed by atoms with E-state index in [1.54, 1.807) is 7.11 Å². The van der Waals surface area contributed by atoms with Gasteiger partial charge in [0.2, 0.25) is 0 Å². The molecule has 3 nitrogen and oxygen atoms in total. The summed E-state index contributed by atoms with van der Waals surface area (Å²) in [4.78, 5) is 0. The summed E-state index contributed by atoms with van der Waals surface area (Å²) in [7, 11) is 1.69. The monoisotopic (exact) mass is 242 g/mol. The molecule has 0 aliphatic carbocycles. The van der Waals surface area contributed by atoms with Crippen LogP contribution in [0.3, 0.4) is 0 Å². The van der Waals surface area contributed by atoms with Crippen molar-refractivity contribution in [1.29, 1.82) is 0 Å². The summed E-state index contributed by atoms with van der Waals surface area (Å²) in [6.07, 6.45) is 0. The van der Waals surface area contributed by atoms with E-state index < -0.39 is 0 Å². The van der Waals surface area contributed by atoms with Crippen molar-refractivity contribution < 1.29 is 4.74 Å². The number of para-hydroxylation sites is 2. The van der Waals surface area contributed by atoms with Gasteiger partial charge in [-0.2, -0.15) is 0 Å². The van der Waals surface area contributed by atoms with E-state index in [-0.39, 0.29) is 0 Å². The minimum absolute atomic E-state index is 0.578. The number of ether oxygens (including phenoxy) is 1. The second kappa shape index (κ2) is 5.56. The molecular weight excluding hydrogens is 224 g/mol. The SMILES string of the molecule is COCc1ccccc1Nc1c(C)cccc1N. The van der Waals surface area contributed by atoms with Crippen molar-refractivity contribution in [3.8, 4) is 0 Å². The Labute approximate surface area is 108 Å². The second-order valence-corrected chi connectivity index (χ2v) is 4.25. The average Bonchev–Trinajstić information content (AvgIpc) is 2.36. The zero-order valence-electron chi connectivity index (χ0n) is 10.7. The average molecular weight is 242 g/mol. The number of hydrogen-bond acceptors (Lipinski definition) is 3. The van der Waals surface area contributed by atoms with E-state index in [0.717, 1.165) is 28.2 Å². The van der Waals surface area contributed by atoms with Crippen molar-refractivity contribution in [2.45, 2.75) is 13.5 Å². The molecule has 0 spiro atoms. The van der Waals surface area contributed by atoms with Crippen LogP contribution in [0.4, 0.5) is 17.1 Å². The first kappa shape index (κ1) is 12.5. The summed E-state index contributed by atoms with van der Waals surface area (Å²) < 4.78 is 5.20. The summed E-state index contributed by atoms with van der Waals surface area (Å²) in [5.41, 5.74) is 11.0. The molecule has 2 aromatic carbocycles. The fourth-order valence-corrected chi connectivity index (χ4v) is 1.92. The van der Waals surface area contributed by atoms with Gasteiger partial charge in [0.15, 0.2) is 0 Å². The number of anilines is 3. The second-order valence-electron chi connectivity index (χ2n) is 4.25. The van der Waals surface area contributed by atoms with Crippen LogP contribution in [-0.2, 0) is 11.3 Å². The van der Waals surface area contributed by atoms with E-state index in [2.05, 4.69) is 5.32 Å². The largest absolute Gasteiger partial charge is 0.397 e. The first-order valence-corrected chi connectivity index (χ1v) is 5.91. The van der Waals surface area contributed by atoms with Crippen molar-refractivity contribution in [3.05, 3.63) is 53.6 Å². The Kier molecular flexibility index (Phi) is 3.85. The van der Waals surface area contributed by atoms with Crippen molar-refractivity contribution in [3.63, 3.8) is 0 Å². The standard InChI is InChI=1S/C15H18N2O/c1-11-6-5-8-13(16)15(11)17-14-9-4-3-7-12(14)10-18-2/h3-9,17H,10,16H2,1-2H3. The van der Waals surface area contributed by atoms with Gasteiger partial charge in [0.1, 0.15) is 0 Å². The van der Waals surface area contributed by atoms with E-state index in [4.69, 9.17) is 10.5 Å². The Balaban J connectivity index is 2.34. The van der Waals surface area contributed by atoms with Gasteiger partial charge in [0.25, 0.3) is 0 Å². The molecule has 2 aromatic rings. The number of nitrogens with two attached hydrogens (primary N) is 1. The maximum atomic E-state index is 6.00. The van der Waals surface area contributed by atoms with Gasteiger partial charge in [-0.1, -0.05) is 30.3 Å². The highest BCUT2D eigenvalue weighted by atomic mass is 16.5. The lowest BCUT2D eigenvalue weighted by Crippen LogP contribution is -2.01. The van der Waals surface area contributed by atoms with Crippen LogP contribution in [0.1, 0.15) is 11.1 Å². The molecule has 0 bridgehead atoms. The summed E-state index contributed by atoms with van der Waals surface area (Å²) in [5, 5.41) is 3.39. The third kappa shape index (κ3) is 2.63. The highest BCUT2D eigenvalue weighted by Crippen LogP contribution is 2.28. The van der Waals surface area contributed by atoms with E-state index in [9.17, 15) is 0 Å².